The monoisotopic (exact) mass is 449 g/mol. The predicted molar refractivity (Wildman–Crippen MR) is 124 cm³/mol. The molecule has 0 saturated heterocycles. The van der Waals surface area contributed by atoms with Gasteiger partial charge in [-0.1, -0.05) is 51.0 Å². The van der Waals surface area contributed by atoms with Crippen LogP contribution in [0.15, 0.2) is 24.3 Å². The summed E-state index contributed by atoms with van der Waals surface area (Å²) in [5, 5.41) is 14.9. The van der Waals surface area contributed by atoms with Gasteiger partial charge in [-0.3, -0.25) is 9.59 Å². The summed E-state index contributed by atoms with van der Waals surface area (Å²) in [7, 11) is 0. The highest BCUT2D eigenvalue weighted by Crippen LogP contribution is 2.22. The number of carbonyl (C=O) groups is 3. The van der Waals surface area contributed by atoms with Crippen LogP contribution in [-0.4, -0.2) is 59.8 Å². The first-order chi connectivity index (χ1) is 15.1. The zero-order valence-corrected chi connectivity index (χ0v) is 20.1. The van der Waals surface area contributed by atoms with Gasteiger partial charge >= 0.3 is 6.09 Å². The molecule has 0 radical (unpaired) electrons. The van der Waals surface area contributed by atoms with Crippen LogP contribution in [0.4, 0.5) is 4.79 Å². The molecule has 1 rings (SSSR count). The Morgan fingerprint density at radius 3 is 2.25 bits per heavy atom. The summed E-state index contributed by atoms with van der Waals surface area (Å²) in [6, 6.07) is 6.59. The van der Waals surface area contributed by atoms with E-state index in [0.29, 0.717) is 12.1 Å². The van der Waals surface area contributed by atoms with Crippen LogP contribution >= 0.6 is 0 Å². The van der Waals surface area contributed by atoms with Crippen LogP contribution < -0.4 is 10.6 Å². The summed E-state index contributed by atoms with van der Waals surface area (Å²) in [5.41, 5.74) is 1.07. The molecule has 0 spiro atoms. The lowest BCUT2D eigenvalue weighted by molar-refractivity contribution is -0.140. The number of hydrogen-bond donors (Lipinski definition) is 3. The largest absolute Gasteiger partial charge is 0.444 e. The highest BCUT2D eigenvalue weighted by atomic mass is 16.6. The summed E-state index contributed by atoms with van der Waals surface area (Å²) >= 11 is 0. The fourth-order valence-electron chi connectivity index (χ4n) is 3.16. The molecule has 3 amide bonds. The molecule has 1 aromatic carbocycles. The van der Waals surface area contributed by atoms with E-state index in [1.54, 1.807) is 20.8 Å². The molecule has 8 nitrogen and oxygen atoms in total. The number of nitrogens with one attached hydrogen (secondary N) is 2. The van der Waals surface area contributed by atoms with Gasteiger partial charge in [-0.05, 0) is 44.7 Å². The van der Waals surface area contributed by atoms with Crippen molar-refractivity contribution in [2.75, 3.05) is 26.2 Å². The highest BCUT2D eigenvalue weighted by molar-refractivity contribution is 5.90. The number of unbranched alkanes of at least 4 members (excludes halogenated alkanes) is 2. The highest BCUT2D eigenvalue weighted by Gasteiger charge is 2.31. The van der Waals surface area contributed by atoms with Crippen LogP contribution in [0.1, 0.15) is 71.0 Å². The molecule has 0 aliphatic rings. The molecule has 0 aliphatic heterocycles. The topological polar surface area (TPSA) is 108 Å². The first kappa shape index (κ1) is 27.4. The molecule has 180 valence electrons. The number of aliphatic hydroxyl groups is 1. The van der Waals surface area contributed by atoms with Gasteiger partial charge < -0.3 is 25.4 Å². The Labute approximate surface area is 191 Å². The second-order valence-electron chi connectivity index (χ2n) is 8.66. The third-order valence-electron chi connectivity index (χ3n) is 4.79. The molecular formula is C24H39N3O5. The first-order valence-electron chi connectivity index (χ1n) is 11.4. The summed E-state index contributed by atoms with van der Waals surface area (Å²) in [6.45, 7) is 9.11. The van der Waals surface area contributed by atoms with Gasteiger partial charge in [0.2, 0.25) is 11.8 Å². The van der Waals surface area contributed by atoms with Crippen molar-refractivity contribution in [1.82, 2.24) is 15.5 Å². The number of aliphatic hydroxyl groups excluding tert-OH is 1. The Morgan fingerprint density at radius 2 is 1.72 bits per heavy atom. The maximum absolute atomic E-state index is 13.1. The van der Waals surface area contributed by atoms with Crippen LogP contribution in [0.2, 0.25) is 0 Å². The summed E-state index contributed by atoms with van der Waals surface area (Å²) in [4.78, 5) is 39.4. The lowest BCUT2D eigenvalue weighted by Gasteiger charge is -2.31. The number of amides is 3. The summed E-state index contributed by atoms with van der Waals surface area (Å²) in [6.07, 6.45) is 3.01. The van der Waals surface area contributed by atoms with Crippen molar-refractivity contribution in [2.24, 2.45) is 0 Å². The number of benzene rings is 1. The Kier molecular flexibility index (Phi) is 11.8. The number of hydrogen-bond acceptors (Lipinski definition) is 5. The van der Waals surface area contributed by atoms with Crippen LogP contribution in [0.3, 0.4) is 0 Å². The maximum atomic E-state index is 13.1. The molecule has 0 bridgehead atoms. The Balaban J connectivity index is 3.06. The van der Waals surface area contributed by atoms with Gasteiger partial charge in [0.25, 0.3) is 0 Å². The Morgan fingerprint density at radius 1 is 1.06 bits per heavy atom. The van der Waals surface area contributed by atoms with E-state index in [4.69, 9.17) is 4.74 Å². The molecule has 0 aliphatic carbocycles. The van der Waals surface area contributed by atoms with Gasteiger partial charge in [-0.15, -0.1) is 0 Å². The van der Waals surface area contributed by atoms with Gasteiger partial charge in [0.05, 0.1) is 6.61 Å². The number of rotatable bonds is 12. The molecule has 3 N–H and O–H groups in total. The van der Waals surface area contributed by atoms with E-state index in [1.807, 2.05) is 31.2 Å². The van der Waals surface area contributed by atoms with Crippen molar-refractivity contribution in [1.29, 1.82) is 0 Å². The minimum Gasteiger partial charge on any atom is -0.444 e. The third-order valence-corrected chi connectivity index (χ3v) is 4.79. The van der Waals surface area contributed by atoms with E-state index in [0.717, 1.165) is 31.2 Å². The van der Waals surface area contributed by atoms with Gasteiger partial charge in [-0.2, -0.15) is 0 Å². The minimum atomic E-state index is -0.914. The van der Waals surface area contributed by atoms with E-state index in [2.05, 4.69) is 17.6 Å². The van der Waals surface area contributed by atoms with Gasteiger partial charge in [0.15, 0.2) is 0 Å². The van der Waals surface area contributed by atoms with Gasteiger partial charge in [-0.25, -0.2) is 4.79 Å². The maximum Gasteiger partial charge on any atom is 0.408 e. The van der Waals surface area contributed by atoms with Crippen LogP contribution in [0.5, 0.6) is 0 Å². The number of nitrogens with zero attached hydrogens (tertiary/aromatic N) is 1. The molecule has 1 unspecified atom stereocenters. The average Bonchev–Trinajstić information content (AvgIpc) is 2.74. The third kappa shape index (κ3) is 9.68. The molecule has 0 aromatic heterocycles. The standard InChI is InChI=1S/C24H39N3O5/c1-6-8-9-14-25-22(30)21(19-12-10-18(7-2)11-13-19)27(15-16-28)20(29)17-26-23(31)32-24(3,4)5/h10-13,21,28H,6-9,14-17H2,1-5H3,(H,25,30)(H,26,31). The molecule has 32 heavy (non-hydrogen) atoms. The van der Waals surface area contributed by atoms with E-state index >= 15 is 0 Å². The summed E-state index contributed by atoms with van der Waals surface area (Å²) < 4.78 is 5.17. The first-order valence-corrected chi connectivity index (χ1v) is 11.4. The zero-order chi connectivity index (χ0) is 24.1. The molecular weight excluding hydrogens is 410 g/mol. The van der Waals surface area contributed by atoms with Crippen LogP contribution in [0.25, 0.3) is 0 Å². The van der Waals surface area contributed by atoms with Crippen LogP contribution in [-0.2, 0) is 20.7 Å². The van der Waals surface area contributed by atoms with Crippen molar-refractivity contribution < 1.29 is 24.2 Å². The van der Waals surface area contributed by atoms with E-state index in [9.17, 15) is 19.5 Å². The van der Waals surface area contributed by atoms with Crippen molar-refractivity contribution in [3.63, 3.8) is 0 Å². The smallest absolute Gasteiger partial charge is 0.408 e. The van der Waals surface area contributed by atoms with Crippen molar-refractivity contribution in [3.05, 3.63) is 35.4 Å². The van der Waals surface area contributed by atoms with E-state index in [-0.39, 0.29) is 25.6 Å². The van der Waals surface area contributed by atoms with Gasteiger partial charge in [0, 0.05) is 13.1 Å². The molecule has 0 saturated carbocycles. The minimum absolute atomic E-state index is 0.0442. The summed E-state index contributed by atoms with van der Waals surface area (Å²) in [5.74, 6) is -0.803. The fourth-order valence-corrected chi connectivity index (χ4v) is 3.16. The van der Waals surface area contributed by atoms with Crippen LogP contribution in [0, 0.1) is 0 Å². The van der Waals surface area contributed by atoms with Crippen molar-refractivity contribution >= 4 is 17.9 Å². The second kappa shape index (κ2) is 13.7. The number of aryl methyl sites for hydroxylation is 1. The van der Waals surface area contributed by atoms with Gasteiger partial charge in [0.1, 0.15) is 18.2 Å². The quantitative estimate of drug-likeness (QED) is 0.425. The van der Waals surface area contributed by atoms with Crippen molar-refractivity contribution in [3.8, 4) is 0 Å². The number of ether oxygens (including phenoxy) is 1. The fraction of sp³-hybridized carbons (Fsp3) is 0.625. The lowest BCUT2D eigenvalue weighted by Crippen LogP contribution is -2.48. The Bertz CT molecular complexity index is 728. The SMILES string of the molecule is CCCCCNC(=O)C(c1ccc(CC)cc1)N(CCO)C(=O)CNC(=O)OC(C)(C)C. The number of carbonyl (C=O) groups excluding carboxylic acids is 3. The molecule has 0 heterocycles. The molecule has 1 aromatic rings. The Hall–Kier alpha value is -2.61. The molecule has 0 fully saturated rings. The average molecular weight is 450 g/mol. The molecule has 8 heteroatoms. The second-order valence-corrected chi connectivity index (χ2v) is 8.66. The predicted octanol–water partition coefficient (Wildman–Crippen LogP) is 2.94. The normalized spacial score (nSPS) is 12.1. The molecule has 1 atom stereocenters. The van der Waals surface area contributed by atoms with E-state index < -0.39 is 23.6 Å². The zero-order valence-electron chi connectivity index (χ0n) is 20.1. The van der Waals surface area contributed by atoms with Crippen molar-refractivity contribution in [2.45, 2.75) is 71.9 Å². The lowest BCUT2D eigenvalue weighted by atomic mass is 10.0. The van der Waals surface area contributed by atoms with E-state index in [1.165, 1.54) is 4.90 Å². The number of alkyl carbamates (subject to hydrolysis) is 1.